The average Bonchev–Trinajstić information content (AvgIpc) is 2.30. The van der Waals surface area contributed by atoms with Gasteiger partial charge >= 0.3 is 0 Å². The fraction of sp³-hybridized carbons (Fsp3) is 0.385. The third-order valence-corrected chi connectivity index (χ3v) is 3.18. The first-order chi connectivity index (χ1) is 7.32. The van der Waals surface area contributed by atoms with E-state index in [0.717, 1.165) is 24.8 Å². The molecule has 0 heterocycles. The molecule has 1 aromatic carbocycles. The molecule has 1 aromatic rings. The number of hydrogen-bond donors (Lipinski definition) is 1. The van der Waals surface area contributed by atoms with Gasteiger partial charge in [0.15, 0.2) is 0 Å². The standard InChI is InChI=1S/C13H16O2/c1-2-9-13(15-14)10-5-7-11-6-3-4-8-12(11)13/h2-4,6,8,14H,1,5,7,9-10H2. The summed E-state index contributed by atoms with van der Waals surface area (Å²) in [6, 6.07) is 8.15. The van der Waals surface area contributed by atoms with Gasteiger partial charge in [-0.05, 0) is 30.4 Å². The Morgan fingerprint density at radius 2 is 2.27 bits per heavy atom. The third-order valence-electron chi connectivity index (χ3n) is 3.18. The Bertz CT molecular complexity index is 359. The Morgan fingerprint density at radius 1 is 1.47 bits per heavy atom. The quantitative estimate of drug-likeness (QED) is 0.465. The summed E-state index contributed by atoms with van der Waals surface area (Å²) in [6.45, 7) is 3.73. The summed E-state index contributed by atoms with van der Waals surface area (Å²) in [7, 11) is 0. The van der Waals surface area contributed by atoms with E-state index in [1.54, 1.807) is 6.08 Å². The molecule has 1 aliphatic carbocycles. The van der Waals surface area contributed by atoms with E-state index in [9.17, 15) is 5.26 Å². The molecule has 2 rings (SSSR count). The lowest BCUT2D eigenvalue weighted by Gasteiger charge is -2.35. The molecule has 0 saturated carbocycles. The van der Waals surface area contributed by atoms with Crippen LogP contribution in [0.25, 0.3) is 0 Å². The molecule has 1 unspecified atom stereocenters. The summed E-state index contributed by atoms with van der Waals surface area (Å²) in [5.41, 5.74) is 1.83. The van der Waals surface area contributed by atoms with Crippen molar-refractivity contribution in [1.29, 1.82) is 0 Å². The predicted octanol–water partition coefficient (Wildman–Crippen LogP) is 3.28. The summed E-state index contributed by atoms with van der Waals surface area (Å²) in [5, 5.41) is 9.17. The molecule has 0 aromatic heterocycles. The van der Waals surface area contributed by atoms with Crippen LogP contribution in [0.2, 0.25) is 0 Å². The zero-order valence-electron chi connectivity index (χ0n) is 8.78. The molecule has 0 saturated heterocycles. The molecule has 0 aliphatic heterocycles. The highest BCUT2D eigenvalue weighted by molar-refractivity contribution is 5.35. The molecule has 0 fully saturated rings. The van der Waals surface area contributed by atoms with Crippen LogP contribution in [0.3, 0.4) is 0 Å². The van der Waals surface area contributed by atoms with Crippen LogP contribution in [0.15, 0.2) is 36.9 Å². The Hall–Kier alpha value is -1.12. The summed E-state index contributed by atoms with van der Waals surface area (Å²) < 4.78 is 0. The van der Waals surface area contributed by atoms with E-state index in [4.69, 9.17) is 4.89 Å². The first kappa shape index (κ1) is 10.4. The van der Waals surface area contributed by atoms with E-state index >= 15 is 0 Å². The highest BCUT2D eigenvalue weighted by atomic mass is 17.1. The van der Waals surface area contributed by atoms with E-state index < -0.39 is 5.60 Å². The largest absolute Gasteiger partial charge is 0.251 e. The molecule has 1 atom stereocenters. The van der Waals surface area contributed by atoms with Crippen LogP contribution in [0, 0.1) is 0 Å². The van der Waals surface area contributed by atoms with Gasteiger partial charge in [-0.15, -0.1) is 6.58 Å². The van der Waals surface area contributed by atoms with Gasteiger partial charge in [-0.1, -0.05) is 30.3 Å². The molecule has 1 N–H and O–H groups in total. The minimum Gasteiger partial charge on any atom is -0.251 e. The maximum Gasteiger partial charge on any atom is 0.132 e. The highest BCUT2D eigenvalue weighted by Gasteiger charge is 2.36. The summed E-state index contributed by atoms with van der Waals surface area (Å²) in [4.78, 5) is 4.77. The van der Waals surface area contributed by atoms with Gasteiger partial charge in [0.25, 0.3) is 0 Å². The maximum absolute atomic E-state index is 9.17. The maximum atomic E-state index is 9.17. The van der Waals surface area contributed by atoms with Gasteiger partial charge in [-0.3, -0.25) is 5.26 Å². The van der Waals surface area contributed by atoms with Crippen molar-refractivity contribution >= 4 is 0 Å². The average molecular weight is 204 g/mol. The second-order valence-corrected chi connectivity index (χ2v) is 4.09. The Labute approximate surface area is 90.1 Å². The number of rotatable bonds is 3. The molecule has 2 nitrogen and oxygen atoms in total. The number of benzene rings is 1. The zero-order chi connectivity index (χ0) is 10.7. The third kappa shape index (κ3) is 1.71. The molecule has 2 heteroatoms. The van der Waals surface area contributed by atoms with Crippen LogP contribution in [0.5, 0.6) is 0 Å². The second kappa shape index (κ2) is 4.17. The van der Waals surface area contributed by atoms with Crippen molar-refractivity contribution in [2.45, 2.75) is 31.3 Å². The number of hydrogen-bond acceptors (Lipinski definition) is 2. The lowest BCUT2D eigenvalue weighted by molar-refractivity contribution is -0.332. The molecule has 0 spiro atoms. The van der Waals surface area contributed by atoms with Crippen LogP contribution in [-0.2, 0) is 16.9 Å². The van der Waals surface area contributed by atoms with Gasteiger partial charge in [-0.2, -0.15) is 0 Å². The van der Waals surface area contributed by atoms with Gasteiger partial charge in [0.2, 0.25) is 0 Å². The Kier molecular flexibility index (Phi) is 2.89. The minimum atomic E-state index is -0.559. The van der Waals surface area contributed by atoms with E-state index in [1.165, 1.54) is 5.56 Å². The van der Waals surface area contributed by atoms with Crippen LogP contribution in [-0.4, -0.2) is 5.26 Å². The first-order valence-corrected chi connectivity index (χ1v) is 5.34. The molecular weight excluding hydrogens is 188 g/mol. The number of fused-ring (bicyclic) bond motifs is 1. The highest BCUT2D eigenvalue weighted by Crippen LogP contribution is 2.40. The zero-order valence-corrected chi connectivity index (χ0v) is 8.78. The van der Waals surface area contributed by atoms with Crippen molar-refractivity contribution in [2.75, 3.05) is 0 Å². The lowest BCUT2D eigenvalue weighted by Crippen LogP contribution is -2.32. The Morgan fingerprint density at radius 3 is 3.00 bits per heavy atom. The van der Waals surface area contributed by atoms with Gasteiger partial charge in [-0.25, -0.2) is 4.89 Å². The fourth-order valence-electron chi connectivity index (χ4n) is 2.46. The van der Waals surface area contributed by atoms with Crippen LogP contribution in [0.1, 0.15) is 30.4 Å². The molecule has 0 amide bonds. The number of aryl methyl sites for hydroxylation is 1. The molecule has 1 aliphatic rings. The predicted molar refractivity (Wildman–Crippen MR) is 59.6 cm³/mol. The van der Waals surface area contributed by atoms with Crippen molar-refractivity contribution < 1.29 is 10.1 Å². The molecule has 15 heavy (non-hydrogen) atoms. The van der Waals surface area contributed by atoms with Gasteiger partial charge in [0.05, 0.1) is 0 Å². The minimum absolute atomic E-state index is 0.559. The lowest BCUT2D eigenvalue weighted by atomic mass is 9.77. The normalized spacial score (nSPS) is 24.6. The van der Waals surface area contributed by atoms with E-state index in [1.807, 2.05) is 18.2 Å². The topological polar surface area (TPSA) is 29.5 Å². The SMILES string of the molecule is C=CCC1(OO)CCCc2ccccc21. The molecule has 0 bridgehead atoms. The smallest absolute Gasteiger partial charge is 0.132 e. The summed E-state index contributed by atoms with van der Waals surface area (Å²) in [6.07, 6.45) is 5.43. The van der Waals surface area contributed by atoms with Crippen LogP contribution < -0.4 is 0 Å². The second-order valence-electron chi connectivity index (χ2n) is 4.09. The van der Waals surface area contributed by atoms with E-state index in [0.29, 0.717) is 6.42 Å². The van der Waals surface area contributed by atoms with Crippen molar-refractivity contribution in [3.63, 3.8) is 0 Å². The monoisotopic (exact) mass is 204 g/mol. The van der Waals surface area contributed by atoms with Crippen LogP contribution in [0.4, 0.5) is 0 Å². The first-order valence-electron chi connectivity index (χ1n) is 5.34. The molecule has 80 valence electrons. The summed E-state index contributed by atoms with van der Waals surface area (Å²) in [5.74, 6) is 0. The fourth-order valence-corrected chi connectivity index (χ4v) is 2.46. The van der Waals surface area contributed by atoms with E-state index in [-0.39, 0.29) is 0 Å². The van der Waals surface area contributed by atoms with Crippen molar-refractivity contribution in [3.8, 4) is 0 Å². The Balaban J connectivity index is 2.46. The van der Waals surface area contributed by atoms with Crippen LogP contribution >= 0.6 is 0 Å². The summed E-state index contributed by atoms with van der Waals surface area (Å²) >= 11 is 0. The van der Waals surface area contributed by atoms with Gasteiger partial charge in [0.1, 0.15) is 5.60 Å². The molecular formula is C13H16O2. The molecule has 0 radical (unpaired) electrons. The van der Waals surface area contributed by atoms with Gasteiger partial charge < -0.3 is 0 Å². The van der Waals surface area contributed by atoms with E-state index in [2.05, 4.69) is 12.6 Å². The van der Waals surface area contributed by atoms with Gasteiger partial charge in [0, 0.05) is 6.42 Å². The van der Waals surface area contributed by atoms with Crippen molar-refractivity contribution in [3.05, 3.63) is 48.0 Å². The van der Waals surface area contributed by atoms with Crippen molar-refractivity contribution in [2.24, 2.45) is 0 Å². The van der Waals surface area contributed by atoms with Crippen molar-refractivity contribution in [1.82, 2.24) is 0 Å².